The van der Waals surface area contributed by atoms with E-state index in [0.717, 1.165) is 11.3 Å². The molecule has 0 fully saturated rings. The van der Waals surface area contributed by atoms with Crippen LogP contribution in [0.15, 0.2) is 24.3 Å². The minimum absolute atomic E-state index is 0.0495. The molecular formula is C13H19NO2. The smallest absolute Gasteiger partial charge is 0.261 e. The van der Waals surface area contributed by atoms with Gasteiger partial charge in [0.15, 0.2) is 6.10 Å². The molecule has 1 amide bonds. The van der Waals surface area contributed by atoms with Gasteiger partial charge in [0, 0.05) is 6.54 Å². The normalized spacial score (nSPS) is 11.9. The van der Waals surface area contributed by atoms with Gasteiger partial charge in [0.25, 0.3) is 5.91 Å². The van der Waals surface area contributed by atoms with Crippen molar-refractivity contribution in [3.05, 3.63) is 29.8 Å². The predicted molar refractivity (Wildman–Crippen MR) is 64.6 cm³/mol. The Labute approximate surface area is 96.8 Å². The Morgan fingerprint density at radius 2 is 2.19 bits per heavy atom. The molecule has 0 bridgehead atoms. The maximum absolute atomic E-state index is 11.6. The molecule has 3 nitrogen and oxygen atoms in total. The van der Waals surface area contributed by atoms with Gasteiger partial charge in [-0.1, -0.05) is 19.1 Å². The molecule has 0 heterocycles. The first-order valence-corrected chi connectivity index (χ1v) is 5.68. The topological polar surface area (TPSA) is 38.3 Å². The number of hydrogen-bond donors (Lipinski definition) is 1. The van der Waals surface area contributed by atoms with Crippen LogP contribution in [0.3, 0.4) is 0 Å². The number of benzene rings is 1. The molecule has 1 aromatic rings. The van der Waals surface area contributed by atoms with Gasteiger partial charge in [0.1, 0.15) is 5.75 Å². The molecular weight excluding hydrogens is 202 g/mol. The van der Waals surface area contributed by atoms with Crippen LogP contribution in [0.1, 0.15) is 25.8 Å². The van der Waals surface area contributed by atoms with Crippen LogP contribution in [0, 0.1) is 6.92 Å². The third kappa shape index (κ3) is 3.57. The minimum atomic E-state index is -0.401. The van der Waals surface area contributed by atoms with Crippen LogP contribution in [0.2, 0.25) is 0 Å². The van der Waals surface area contributed by atoms with Crippen LogP contribution in [0.25, 0.3) is 0 Å². The Kier molecular flexibility index (Phi) is 4.83. The SMILES string of the molecule is CCNC(=O)[C@@H](CC)Oc1cccc(C)c1. The quantitative estimate of drug-likeness (QED) is 0.828. The lowest BCUT2D eigenvalue weighted by Gasteiger charge is -2.16. The summed E-state index contributed by atoms with van der Waals surface area (Å²) >= 11 is 0. The van der Waals surface area contributed by atoms with Crippen LogP contribution >= 0.6 is 0 Å². The molecule has 3 heteroatoms. The third-order valence-corrected chi connectivity index (χ3v) is 2.28. The van der Waals surface area contributed by atoms with Crippen molar-refractivity contribution in [3.63, 3.8) is 0 Å². The van der Waals surface area contributed by atoms with Gasteiger partial charge in [-0.25, -0.2) is 0 Å². The van der Waals surface area contributed by atoms with Crippen LogP contribution in [-0.2, 0) is 4.79 Å². The van der Waals surface area contributed by atoms with E-state index in [-0.39, 0.29) is 5.91 Å². The molecule has 1 rings (SSSR count). The lowest BCUT2D eigenvalue weighted by molar-refractivity contribution is -0.128. The van der Waals surface area contributed by atoms with E-state index in [1.54, 1.807) is 0 Å². The first-order chi connectivity index (χ1) is 7.67. The number of aryl methyl sites for hydroxylation is 1. The van der Waals surface area contributed by atoms with Crippen LogP contribution in [0.4, 0.5) is 0 Å². The first-order valence-electron chi connectivity index (χ1n) is 5.68. The predicted octanol–water partition coefficient (Wildman–Crippen LogP) is 2.29. The molecule has 1 atom stereocenters. The molecule has 0 aliphatic rings. The number of amides is 1. The molecule has 88 valence electrons. The van der Waals surface area contributed by atoms with E-state index in [1.165, 1.54) is 0 Å². The Hall–Kier alpha value is -1.51. The van der Waals surface area contributed by atoms with Crippen molar-refractivity contribution in [3.8, 4) is 5.75 Å². The summed E-state index contributed by atoms with van der Waals surface area (Å²) < 4.78 is 5.65. The second-order valence-corrected chi connectivity index (χ2v) is 3.73. The van der Waals surface area contributed by atoms with Crippen molar-refractivity contribution in [1.82, 2.24) is 5.32 Å². The second kappa shape index (κ2) is 6.16. The number of likely N-dealkylation sites (N-methyl/N-ethyl adjacent to an activating group) is 1. The Bertz CT molecular complexity index is 350. The van der Waals surface area contributed by atoms with Crippen LogP contribution in [0.5, 0.6) is 5.75 Å². The molecule has 16 heavy (non-hydrogen) atoms. The number of nitrogens with one attached hydrogen (secondary N) is 1. The van der Waals surface area contributed by atoms with Crippen molar-refractivity contribution < 1.29 is 9.53 Å². The summed E-state index contributed by atoms with van der Waals surface area (Å²) in [7, 11) is 0. The van der Waals surface area contributed by atoms with Gasteiger partial charge in [-0.3, -0.25) is 4.79 Å². The Balaban J connectivity index is 2.66. The molecule has 1 N–H and O–H groups in total. The molecule has 0 aliphatic heterocycles. The number of ether oxygens (including phenoxy) is 1. The van der Waals surface area contributed by atoms with E-state index in [4.69, 9.17) is 4.74 Å². The molecule has 0 saturated carbocycles. The summed E-state index contributed by atoms with van der Waals surface area (Å²) in [6, 6.07) is 7.73. The van der Waals surface area contributed by atoms with Gasteiger partial charge in [-0.2, -0.15) is 0 Å². The highest BCUT2D eigenvalue weighted by Crippen LogP contribution is 2.15. The van der Waals surface area contributed by atoms with E-state index >= 15 is 0 Å². The fourth-order valence-corrected chi connectivity index (χ4v) is 1.46. The van der Waals surface area contributed by atoms with Crippen LogP contribution in [-0.4, -0.2) is 18.6 Å². The summed E-state index contributed by atoms with van der Waals surface area (Å²) in [5.74, 6) is 0.699. The molecule has 0 unspecified atom stereocenters. The second-order valence-electron chi connectivity index (χ2n) is 3.73. The zero-order valence-corrected chi connectivity index (χ0v) is 10.1. The van der Waals surface area contributed by atoms with E-state index in [9.17, 15) is 4.79 Å². The number of rotatable bonds is 5. The summed E-state index contributed by atoms with van der Waals surface area (Å²) in [5, 5.41) is 2.77. The summed E-state index contributed by atoms with van der Waals surface area (Å²) in [6.07, 6.45) is 0.265. The maximum atomic E-state index is 11.6. The largest absolute Gasteiger partial charge is 0.481 e. The number of carbonyl (C=O) groups excluding carboxylic acids is 1. The van der Waals surface area contributed by atoms with Gasteiger partial charge in [-0.05, 0) is 38.0 Å². The van der Waals surface area contributed by atoms with Crippen molar-refractivity contribution in [2.75, 3.05) is 6.54 Å². The van der Waals surface area contributed by atoms with Gasteiger partial charge >= 0.3 is 0 Å². The standard InChI is InChI=1S/C13H19NO2/c1-4-12(13(15)14-5-2)16-11-8-6-7-10(3)9-11/h6-9,12H,4-5H2,1-3H3,(H,14,15)/t12-/m1/s1. The lowest BCUT2D eigenvalue weighted by Crippen LogP contribution is -2.37. The van der Waals surface area contributed by atoms with Crippen molar-refractivity contribution >= 4 is 5.91 Å². The average Bonchev–Trinajstić information content (AvgIpc) is 2.26. The Morgan fingerprint density at radius 3 is 2.75 bits per heavy atom. The third-order valence-electron chi connectivity index (χ3n) is 2.28. The number of hydrogen-bond acceptors (Lipinski definition) is 2. The molecule has 1 aromatic carbocycles. The van der Waals surface area contributed by atoms with Gasteiger partial charge in [0.2, 0.25) is 0 Å². The summed E-state index contributed by atoms with van der Waals surface area (Å²) in [5.41, 5.74) is 1.13. The van der Waals surface area contributed by atoms with E-state index in [0.29, 0.717) is 13.0 Å². The monoisotopic (exact) mass is 221 g/mol. The van der Waals surface area contributed by atoms with Crippen LogP contribution < -0.4 is 10.1 Å². The molecule has 0 aromatic heterocycles. The summed E-state index contributed by atoms with van der Waals surface area (Å²) in [4.78, 5) is 11.6. The minimum Gasteiger partial charge on any atom is -0.481 e. The number of carbonyl (C=O) groups is 1. The first kappa shape index (κ1) is 12.6. The molecule has 0 saturated heterocycles. The molecule has 0 radical (unpaired) electrons. The van der Waals surface area contributed by atoms with Gasteiger partial charge in [-0.15, -0.1) is 0 Å². The molecule has 0 spiro atoms. The zero-order chi connectivity index (χ0) is 12.0. The highest BCUT2D eigenvalue weighted by molar-refractivity contribution is 5.80. The van der Waals surface area contributed by atoms with Crippen molar-refractivity contribution in [2.45, 2.75) is 33.3 Å². The fraction of sp³-hybridized carbons (Fsp3) is 0.462. The van der Waals surface area contributed by atoms with Crippen molar-refractivity contribution in [2.24, 2.45) is 0 Å². The lowest BCUT2D eigenvalue weighted by atomic mass is 10.2. The van der Waals surface area contributed by atoms with Gasteiger partial charge in [0.05, 0.1) is 0 Å². The fourth-order valence-electron chi connectivity index (χ4n) is 1.46. The highest BCUT2D eigenvalue weighted by Gasteiger charge is 2.16. The molecule has 0 aliphatic carbocycles. The average molecular weight is 221 g/mol. The van der Waals surface area contributed by atoms with E-state index in [1.807, 2.05) is 45.0 Å². The summed E-state index contributed by atoms with van der Waals surface area (Å²) in [6.45, 7) is 6.47. The van der Waals surface area contributed by atoms with E-state index < -0.39 is 6.10 Å². The Morgan fingerprint density at radius 1 is 1.44 bits per heavy atom. The van der Waals surface area contributed by atoms with Gasteiger partial charge < -0.3 is 10.1 Å². The highest BCUT2D eigenvalue weighted by atomic mass is 16.5. The van der Waals surface area contributed by atoms with E-state index in [2.05, 4.69) is 5.32 Å². The zero-order valence-electron chi connectivity index (χ0n) is 10.1. The maximum Gasteiger partial charge on any atom is 0.261 e. The van der Waals surface area contributed by atoms with Crippen molar-refractivity contribution in [1.29, 1.82) is 0 Å².